The predicted molar refractivity (Wildman–Crippen MR) is 266 cm³/mol. The number of ether oxygens (including phenoxy) is 7. The third-order valence-corrected chi connectivity index (χ3v) is 14.2. The molecule has 4 aromatic rings. The molecule has 0 radical (unpaired) electrons. The number of aliphatic hydroxyl groups excluding tert-OH is 2. The van der Waals surface area contributed by atoms with E-state index in [1.54, 1.807) is 30.3 Å². The van der Waals surface area contributed by atoms with Gasteiger partial charge in [0.15, 0.2) is 11.5 Å². The third kappa shape index (κ3) is 11.6. The first kappa shape index (κ1) is 50.9. The molecule has 1 saturated heterocycles. The van der Waals surface area contributed by atoms with Gasteiger partial charge < -0.3 is 53.5 Å². The van der Waals surface area contributed by atoms with Gasteiger partial charge in [-0.2, -0.15) is 0 Å². The molecule has 9 rings (SSSR count). The van der Waals surface area contributed by atoms with E-state index in [0.29, 0.717) is 73.7 Å². The molecule has 7 atom stereocenters. The van der Waals surface area contributed by atoms with Crippen LogP contribution in [0.2, 0.25) is 0 Å². The summed E-state index contributed by atoms with van der Waals surface area (Å²) in [5.74, 6) is -1.22. The summed E-state index contributed by atoms with van der Waals surface area (Å²) in [6.07, 6.45) is 8.19. The van der Waals surface area contributed by atoms with Gasteiger partial charge in [-0.1, -0.05) is 66.5 Å². The van der Waals surface area contributed by atoms with Crippen LogP contribution in [-0.2, 0) is 27.4 Å². The molecule has 18 nitrogen and oxygen atoms in total. The van der Waals surface area contributed by atoms with Crippen molar-refractivity contribution >= 4 is 23.6 Å². The Labute approximate surface area is 423 Å². The van der Waals surface area contributed by atoms with Crippen LogP contribution in [0.3, 0.4) is 0 Å². The molecule has 3 N–H and O–H groups in total. The Bertz CT molecular complexity index is 2640. The molecular formula is C55H62N4O14. The van der Waals surface area contributed by atoms with Crippen LogP contribution < -0.4 is 29.0 Å². The monoisotopic (exact) mass is 1000 g/mol. The summed E-state index contributed by atoms with van der Waals surface area (Å²) in [6.45, 7) is 4.81. The summed E-state index contributed by atoms with van der Waals surface area (Å²) >= 11 is 0. The van der Waals surface area contributed by atoms with E-state index in [2.05, 4.69) is 18.0 Å². The van der Waals surface area contributed by atoms with Crippen molar-refractivity contribution in [2.45, 2.75) is 101 Å². The minimum atomic E-state index is -1.69. The number of carbonyl (C=O) groups is 2. The number of oxime groups is 1. The van der Waals surface area contributed by atoms with Crippen molar-refractivity contribution in [2.75, 3.05) is 33.2 Å². The summed E-state index contributed by atoms with van der Waals surface area (Å²) in [5.41, 5.74) is 3.45. The number of fused-ring (bicyclic) bond motifs is 3. The molecule has 2 aliphatic carbocycles. The molecular weight excluding hydrogens is 941 g/mol. The van der Waals surface area contributed by atoms with Crippen LogP contribution >= 0.6 is 0 Å². The Hall–Kier alpha value is -6.99. The number of benzene rings is 4. The summed E-state index contributed by atoms with van der Waals surface area (Å²) in [7, 11) is 0. The van der Waals surface area contributed by atoms with E-state index in [1.165, 1.54) is 29.2 Å². The lowest BCUT2D eigenvalue weighted by Crippen LogP contribution is -2.70. The molecule has 2 amide bonds. The smallest absolute Gasteiger partial charge is 0.416 e. The molecule has 1 saturated carbocycles. The summed E-state index contributed by atoms with van der Waals surface area (Å²) in [5, 5.41) is 39.5. The quantitative estimate of drug-likeness (QED) is 0.0307. The largest absolute Gasteiger partial charge is 0.459 e. The van der Waals surface area contributed by atoms with Crippen molar-refractivity contribution in [3.63, 3.8) is 0 Å². The van der Waals surface area contributed by atoms with Crippen molar-refractivity contribution in [3.8, 4) is 28.7 Å². The standard InChI is InChI=1S/C55H62N4O14/c1-2-27-69-55-49(58(34-37-17-23-47-48(29-37)68-35-67-47)54(63)71-40-20-18-39(19-21-40)59(64)65)32-45(57-73-50-16-8-11-28-66-50)43-30-38(14-6-9-25-60)42(15-7-10-26-61)51(52(43)55)44-31-41(22-24-46(44)72-55)70-53(62)56-33-36-12-4-3-5-13-36/h2-5,12-13,17-24,29-31,38,42,49-52,60-61H,1,6-11,14-16,25-28,32-35H2,(H,56,62)/t38-,42+,49-,50?,51+,52+,55+/m0/s1. The second-order valence-corrected chi connectivity index (χ2v) is 18.8. The Morgan fingerprint density at radius 2 is 1.66 bits per heavy atom. The number of aliphatic hydroxyl groups is 2. The van der Waals surface area contributed by atoms with Crippen LogP contribution in [0.4, 0.5) is 15.3 Å². The molecule has 0 aromatic heterocycles. The lowest BCUT2D eigenvalue weighted by atomic mass is 9.55. The van der Waals surface area contributed by atoms with E-state index < -0.39 is 47.1 Å². The van der Waals surface area contributed by atoms with E-state index in [4.69, 9.17) is 43.2 Å². The van der Waals surface area contributed by atoms with E-state index in [0.717, 1.165) is 36.0 Å². The number of nitro groups is 1. The second kappa shape index (κ2) is 23.7. The van der Waals surface area contributed by atoms with Crippen LogP contribution in [0.1, 0.15) is 86.8 Å². The van der Waals surface area contributed by atoms with Crippen LogP contribution in [-0.4, -0.2) is 89.3 Å². The first-order chi connectivity index (χ1) is 35.7. The number of unbranched alkanes of at least 4 members (excludes halogenated alkanes) is 2. The normalized spacial score (nSPS) is 24.0. The van der Waals surface area contributed by atoms with Gasteiger partial charge in [0.1, 0.15) is 23.3 Å². The zero-order chi connectivity index (χ0) is 50.7. The fourth-order valence-corrected chi connectivity index (χ4v) is 10.9. The van der Waals surface area contributed by atoms with Gasteiger partial charge in [-0.05, 0) is 110 Å². The zero-order valence-corrected chi connectivity index (χ0v) is 40.6. The van der Waals surface area contributed by atoms with Crippen molar-refractivity contribution in [1.82, 2.24) is 10.2 Å². The molecule has 0 spiro atoms. The van der Waals surface area contributed by atoms with Gasteiger partial charge >= 0.3 is 12.2 Å². The number of amides is 2. The molecule has 4 aromatic carbocycles. The number of nitrogens with zero attached hydrogens (tertiary/aromatic N) is 3. The highest BCUT2D eigenvalue weighted by Gasteiger charge is 2.66. The first-order valence-corrected chi connectivity index (χ1v) is 25.1. The highest BCUT2D eigenvalue weighted by molar-refractivity contribution is 6.03. The maximum Gasteiger partial charge on any atom is 0.416 e. The Morgan fingerprint density at radius 3 is 2.41 bits per heavy atom. The number of hydrogen-bond donors (Lipinski definition) is 3. The molecule has 73 heavy (non-hydrogen) atoms. The second-order valence-electron chi connectivity index (χ2n) is 18.8. The number of carbonyl (C=O) groups excluding carboxylic acids is 2. The lowest BCUT2D eigenvalue weighted by molar-refractivity contribution is -0.384. The number of allylic oxidation sites excluding steroid dienone is 1. The van der Waals surface area contributed by atoms with Gasteiger partial charge in [0.2, 0.25) is 18.9 Å². The number of non-ortho nitro benzene ring substituents is 1. The van der Waals surface area contributed by atoms with E-state index in [-0.39, 0.29) is 75.1 Å². The minimum Gasteiger partial charge on any atom is -0.459 e. The number of rotatable bonds is 21. The molecule has 1 unspecified atom stereocenters. The van der Waals surface area contributed by atoms with Crippen molar-refractivity contribution in [2.24, 2.45) is 22.9 Å². The minimum absolute atomic E-state index is 0.00436. The Morgan fingerprint density at radius 1 is 0.890 bits per heavy atom. The van der Waals surface area contributed by atoms with Crippen molar-refractivity contribution in [1.29, 1.82) is 0 Å². The maximum absolute atomic E-state index is 15.3. The average Bonchev–Trinajstić information content (AvgIpc) is 3.89. The molecule has 386 valence electrons. The third-order valence-electron chi connectivity index (χ3n) is 14.2. The molecule has 18 heteroatoms. The van der Waals surface area contributed by atoms with Crippen molar-refractivity contribution < 1.29 is 62.7 Å². The average molecular weight is 1000 g/mol. The molecule has 5 aliphatic rings. The number of nitro benzene ring substituents is 1. The zero-order valence-electron chi connectivity index (χ0n) is 40.6. The number of nitrogens with one attached hydrogen (secondary N) is 1. The SMILES string of the molecule is C=CCO[C@@]12Oc3ccc(OC(=O)NCc4ccccc4)cc3[C@H]3[C@H](CCCCO)[C@@H](CCCCO)C=C(C(=NOC4CCCCO4)C[C@@H]1N(Cc1ccc4c(c1)OCO4)C(=O)Oc1ccc([N+](=O)[O-])cc1)[C@H]32. The van der Waals surface area contributed by atoms with Gasteiger partial charge in [-0.25, -0.2) is 9.59 Å². The summed E-state index contributed by atoms with van der Waals surface area (Å²) < 4.78 is 44.1. The fraction of sp³-hybridized carbons (Fsp3) is 0.436. The van der Waals surface area contributed by atoms with Crippen LogP contribution in [0.15, 0.2) is 120 Å². The predicted octanol–water partition coefficient (Wildman–Crippen LogP) is 9.47. The molecule has 3 aliphatic heterocycles. The fourth-order valence-electron chi connectivity index (χ4n) is 10.9. The maximum atomic E-state index is 15.3. The summed E-state index contributed by atoms with van der Waals surface area (Å²) in [6, 6.07) is 24.4. The Kier molecular flexibility index (Phi) is 16.5. The molecule has 0 bridgehead atoms. The van der Waals surface area contributed by atoms with Crippen LogP contribution in [0.5, 0.6) is 28.7 Å². The highest BCUT2D eigenvalue weighted by atomic mass is 16.8. The van der Waals surface area contributed by atoms with Gasteiger partial charge in [-0.3, -0.25) is 15.0 Å². The number of hydrogen-bond acceptors (Lipinski definition) is 15. The van der Waals surface area contributed by atoms with Gasteiger partial charge in [0.25, 0.3) is 5.69 Å². The van der Waals surface area contributed by atoms with E-state index in [1.807, 2.05) is 42.5 Å². The van der Waals surface area contributed by atoms with E-state index >= 15 is 4.79 Å². The molecule has 3 heterocycles. The van der Waals surface area contributed by atoms with Crippen molar-refractivity contribution in [3.05, 3.63) is 142 Å². The summed E-state index contributed by atoms with van der Waals surface area (Å²) in [4.78, 5) is 47.6. The van der Waals surface area contributed by atoms with Crippen LogP contribution in [0.25, 0.3) is 0 Å². The van der Waals surface area contributed by atoms with Gasteiger partial charge in [0, 0.05) is 62.8 Å². The topological polar surface area (TPSA) is 219 Å². The van der Waals surface area contributed by atoms with Gasteiger partial charge in [-0.15, -0.1) is 6.58 Å². The first-order valence-electron chi connectivity index (χ1n) is 25.1. The molecule has 2 fully saturated rings. The van der Waals surface area contributed by atoms with Gasteiger partial charge in [0.05, 0.1) is 29.8 Å². The van der Waals surface area contributed by atoms with E-state index in [9.17, 15) is 25.1 Å². The highest BCUT2D eigenvalue weighted by Crippen LogP contribution is 2.62. The Balaban J connectivity index is 1.21. The van der Waals surface area contributed by atoms with Crippen LogP contribution in [0, 0.1) is 27.9 Å². The lowest BCUT2D eigenvalue weighted by Gasteiger charge is -2.59.